The average Bonchev–Trinajstić information content (AvgIpc) is 3.13. The summed E-state index contributed by atoms with van der Waals surface area (Å²) in [7, 11) is 0. The summed E-state index contributed by atoms with van der Waals surface area (Å²) in [4.78, 5) is 0. The lowest BCUT2D eigenvalue weighted by molar-refractivity contribution is 0.0940. The van der Waals surface area contributed by atoms with Gasteiger partial charge in [-0.1, -0.05) is 19.8 Å². The van der Waals surface area contributed by atoms with E-state index in [4.69, 9.17) is 4.74 Å². The SMILES string of the molecule is CCC1CCCC1Nc1cnn(CC2CCCO2)c1. The van der Waals surface area contributed by atoms with Crippen molar-refractivity contribution in [3.05, 3.63) is 12.4 Å². The third kappa shape index (κ3) is 3.11. The lowest BCUT2D eigenvalue weighted by Gasteiger charge is -2.19. The molecule has 3 unspecified atom stereocenters. The fourth-order valence-electron chi connectivity index (χ4n) is 3.46. The molecule has 1 aromatic heterocycles. The molecule has 0 bridgehead atoms. The molecule has 1 aliphatic heterocycles. The van der Waals surface area contributed by atoms with Crippen LogP contribution in [0.1, 0.15) is 45.4 Å². The van der Waals surface area contributed by atoms with Gasteiger partial charge in [0.25, 0.3) is 0 Å². The molecule has 4 nitrogen and oxygen atoms in total. The van der Waals surface area contributed by atoms with E-state index in [0.717, 1.165) is 19.1 Å². The molecule has 1 aliphatic carbocycles. The Kier molecular flexibility index (Phi) is 4.06. The van der Waals surface area contributed by atoms with Crippen molar-refractivity contribution in [2.75, 3.05) is 11.9 Å². The summed E-state index contributed by atoms with van der Waals surface area (Å²) in [5.74, 6) is 0.835. The van der Waals surface area contributed by atoms with Crippen LogP contribution in [0, 0.1) is 5.92 Å². The van der Waals surface area contributed by atoms with Gasteiger partial charge in [0.15, 0.2) is 0 Å². The molecule has 1 saturated heterocycles. The summed E-state index contributed by atoms with van der Waals surface area (Å²) >= 11 is 0. The standard InChI is InChI=1S/C15H25N3O/c1-2-12-5-3-7-15(12)17-13-9-16-18(10-13)11-14-6-4-8-19-14/h9-10,12,14-15,17H,2-8,11H2,1H3. The molecule has 1 saturated carbocycles. The molecule has 3 atom stereocenters. The Morgan fingerprint density at radius 1 is 1.37 bits per heavy atom. The first-order valence-corrected chi connectivity index (χ1v) is 7.75. The summed E-state index contributed by atoms with van der Waals surface area (Å²) in [6, 6.07) is 0.644. The maximum Gasteiger partial charge on any atom is 0.0771 e. The van der Waals surface area contributed by atoms with Crippen LogP contribution >= 0.6 is 0 Å². The Labute approximate surface area is 115 Å². The number of hydrogen-bond acceptors (Lipinski definition) is 3. The van der Waals surface area contributed by atoms with Gasteiger partial charge in [-0.05, 0) is 31.6 Å². The van der Waals surface area contributed by atoms with Crippen LogP contribution in [0.2, 0.25) is 0 Å². The van der Waals surface area contributed by atoms with Crippen molar-refractivity contribution >= 4 is 5.69 Å². The number of rotatable bonds is 5. The van der Waals surface area contributed by atoms with E-state index < -0.39 is 0 Å². The normalized spacial score (nSPS) is 30.9. The molecule has 2 heterocycles. The maximum absolute atomic E-state index is 5.65. The minimum atomic E-state index is 0.364. The van der Waals surface area contributed by atoms with E-state index in [9.17, 15) is 0 Å². The number of nitrogens with one attached hydrogen (secondary N) is 1. The Morgan fingerprint density at radius 2 is 2.32 bits per heavy atom. The summed E-state index contributed by atoms with van der Waals surface area (Å²) in [5.41, 5.74) is 1.17. The second-order valence-electron chi connectivity index (χ2n) is 5.94. The van der Waals surface area contributed by atoms with Gasteiger partial charge in [0.05, 0.1) is 24.5 Å². The predicted molar refractivity (Wildman–Crippen MR) is 76.2 cm³/mol. The molecule has 3 rings (SSSR count). The highest BCUT2D eigenvalue weighted by Crippen LogP contribution is 2.30. The summed E-state index contributed by atoms with van der Waals surface area (Å²) in [6.07, 6.45) is 12.1. The average molecular weight is 263 g/mol. The lowest BCUT2D eigenvalue weighted by Crippen LogP contribution is -2.23. The Bertz CT molecular complexity index is 398. The molecular weight excluding hydrogens is 238 g/mol. The minimum Gasteiger partial charge on any atom is -0.379 e. The van der Waals surface area contributed by atoms with Crippen molar-refractivity contribution in [2.45, 2.75) is 64.1 Å². The molecule has 0 radical (unpaired) electrons. The van der Waals surface area contributed by atoms with Crippen molar-refractivity contribution in [3.63, 3.8) is 0 Å². The molecule has 1 aromatic rings. The Morgan fingerprint density at radius 3 is 3.11 bits per heavy atom. The van der Waals surface area contributed by atoms with Crippen LogP contribution in [0.5, 0.6) is 0 Å². The smallest absolute Gasteiger partial charge is 0.0771 e. The number of anilines is 1. The molecule has 106 valence electrons. The second kappa shape index (κ2) is 5.95. The van der Waals surface area contributed by atoms with Gasteiger partial charge in [-0.2, -0.15) is 5.10 Å². The molecule has 1 N–H and O–H groups in total. The summed E-state index contributed by atoms with van der Waals surface area (Å²) in [6.45, 7) is 4.10. The zero-order valence-electron chi connectivity index (χ0n) is 11.8. The van der Waals surface area contributed by atoms with Gasteiger partial charge in [0.1, 0.15) is 0 Å². The molecule has 0 amide bonds. The zero-order chi connectivity index (χ0) is 13.1. The van der Waals surface area contributed by atoms with Crippen LogP contribution < -0.4 is 5.32 Å². The first kappa shape index (κ1) is 13.0. The fraction of sp³-hybridized carbons (Fsp3) is 0.800. The third-order valence-corrected chi connectivity index (χ3v) is 4.58. The van der Waals surface area contributed by atoms with Crippen LogP contribution in [0.25, 0.3) is 0 Å². The van der Waals surface area contributed by atoms with Crippen molar-refractivity contribution in [1.29, 1.82) is 0 Å². The van der Waals surface area contributed by atoms with Crippen LogP contribution in [-0.2, 0) is 11.3 Å². The van der Waals surface area contributed by atoms with Gasteiger partial charge >= 0.3 is 0 Å². The van der Waals surface area contributed by atoms with Crippen molar-refractivity contribution in [2.24, 2.45) is 5.92 Å². The summed E-state index contributed by atoms with van der Waals surface area (Å²) in [5, 5.41) is 8.11. The highest BCUT2D eigenvalue weighted by atomic mass is 16.5. The van der Waals surface area contributed by atoms with E-state index in [2.05, 4.69) is 23.5 Å². The van der Waals surface area contributed by atoms with Gasteiger partial charge in [-0.15, -0.1) is 0 Å². The van der Waals surface area contributed by atoms with Crippen LogP contribution in [0.3, 0.4) is 0 Å². The molecule has 0 aromatic carbocycles. The lowest BCUT2D eigenvalue weighted by atomic mass is 10.0. The summed E-state index contributed by atoms with van der Waals surface area (Å²) < 4.78 is 7.67. The highest BCUT2D eigenvalue weighted by Gasteiger charge is 2.25. The number of aromatic nitrogens is 2. The third-order valence-electron chi connectivity index (χ3n) is 4.58. The van der Waals surface area contributed by atoms with E-state index in [-0.39, 0.29) is 0 Å². The van der Waals surface area contributed by atoms with Gasteiger partial charge < -0.3 is 10.1 Å². The van der Waals surface area contributed by atoms with E-state index in [0.29, 0.717) is 12.1 Å². The van der Waals surface area contributed by atoms with E-state index >= 15 is 0 Å². The monoisotopic (exact) mass is 263 g/mol. The molecule has 4 heteroatoms. The quantitative estimate of drug-likeness (QED) is 0.887. The molecule has 2 aliphatic rings. The van der Waals surface area contributed by atoms with Crippen molar-refractivity contribution in [3.8, 4) is 0 Å². The maximum atomic E-state index is 5.65. The molecule has 2 fully saturated rings. The molecule has 19 heavy (non-hydrogen) atoms. The Hall–Kier alpha value is -1.03. The van der Waals surface area contributed by atoms with E-state index in [1.807, 2.05) is 10.9 Å². The van der Waals surface area contributed by atoms with Gasteiger partial charge in [-0.3, -0.25) is 4.68 Å². The first-order chi connectivity index (χ1) is 9.35. The topological polar surface area (TPSA) is 39.1 Å². The number of ether oxygens (including phenoxy) is 1. The van der Waals surface area contributed by atoms with E-state index in [1.165, 1.54) is 44.2 Å². The van der Waals surface area contributed by atoms with Crippen LogP contribution in [0.4, 0.5) is 5.69 Å². The van der Waals surface area contributed by atoms with Gasteiger partial charge in [0, 0.05) is 18.8 Å². The largest absolute Gasteiger partial charge is 0.379 e. The van der Waals surface area contributed by atoms with E-state index in [1.54, 1.807) is 0 Å². The second-order valence-corrected chi connectivity index (χ2v) is 5.94. The van der Waals surface area contributed by atoms with Crippen LogP contribution in [-0.4, -0.2) is 28.5 Å². The number of nitrogens with zero attached hydrogens (tertiary/aromatic N) is 2. The zero-order valence-corrected chi connectivity index (χ0v) is 11.8. The van der Waals surface area contributed by atoms with Crippen LogP contribution in [0.15, 0.2) is 12.4 Å². The van der Waals surface area contributed by atoms with Crippen molar-refractivity contribution in [1.82, 2.24) is 9.78 Å². The van der Waals surface area contributed by atoms with Gasteiger partial charge in [0.2, 0.25) is 0 Å². The predicted octanol–water partition coefficient (Wildman–Crippen LogP) is 3.05. The van der Waals surface area contributed by atoms with Gasteiger partial charge in [-0.25, -0.2) is 0 Å². The molecular formula is C15H25N3O. The fourth-order valence-corrected chi connectivity index (χ4v) is 3.46. The first-order valence-electron chi connectivity index (χ1n) is 7.75. The Balaban J connectivity index is 1.55. The number of hydrogen-bond donors (Lipinski definition) is 1. The minimum absolute atomic E-state index is 0.364. The van der Waals surface area contributed by atoms with Crippen molar-refractivity contribution < 1.29 is 4.74 Å². The highest BCUT2D eigenvalue weighted by molar-refractivity contribution is 5.39. The molecule has 0 spiro atoms.